The molecule has 0 aliphatic carbocycles. The first kappa shape index (κ1) is 9.82. The molecule has 0 saturated heterocycles. The maximum atomic E-state index is 5.07. The van der Waals surface area contributed by atoms with E-state index in [0.717, 1.165) is 30.5 Å². The van der Waals surface area contributed by atoms with Gasteiger partial charge in [-0.25, -0.2) is 4.98 Å². The number of anilines is 1. The van der Waals surface area contributed by atoms with Gasteiger partial charge in [-0.05, 0) is 19.1 Å². The molecule has 0 fully saturated rings. The second-order valence-corrected chi connectivity index (χ2v) is 4.47. The third-order valence-corrected chi connectivity index (χ3v) is 3.17. The van der Waals surface area contributed by atoms with Crippen molar-refractivity contribution in [3.8, 4) is 0 Å². The number of rotatable bonds is 2. The van der Waals surface area contributed by atoms with E-state index in [1.165, 1.54) is 4.88 Å². The zero-order valence-electron chi connectivity index (χ0n) is 7.89. The number of thiocarbonyl (C=S) groups is 1. The predicted molar refractivity (Wildman–Crippen MR) is 62.6 cm³/mol. The summed E-state index contributed by atoms with van der Waals surface area (Å²) in [5.41, 5.74) is 1.15. The molecule has 2 heterocycles. The number of hydrogen-bond donors (Lipinski definition) is 3. The Balaban J connectivity index is 2.00. The average molecular weight is 228 g/mol. The Bertz CT molecular complexity index is 326. The summed E-state index contributed by atoms with van der Waals surface area (Å²) in [6, 6.07) is 0. The lowest BCUT2D eigenvalue weighted by Crippen LogP contribution is -2.27. The van der Waals surface area contributed by atoms with Crippen molar-refractivity contribution in [3.63, 3.8) is 0 Å². The number of aromatic nitrogens is 1. The van der Waals surface area contributed by atoms with Gasteiger partial charge < -0.3 is 16.0 Å². The van der Waals surface area contributed by atoms with Crippen LogP contribution in [-0.4, -0.2) is 16.6 Å². The second kappa shape index (κ2) is 4.20. The van der Waals surface area contributed by atoms with Gasteiger partial charge in [0.15, 0.2) is 10.2 Å². The van der Waals surface area contributed by atoms with Crippen LogP contribution < -0.4 is 16.0 Å². The van der Waals surface area contributed by atoms with E-state index in [4.69, 9.17) is 12.2 Å². The van der Waals surface area contributed by atoms with Crippen LogP contribution in [0.2, 0.25) is 0 Å². The zero-order valence-corrected chi connectivity index (χ0v) is 9.52. The quantitative estimate of drug-likeness (QED) is 0.661. The summed E-state index contributed by atoms with van der Waals surface area (Å²) in [4.78, 5) is 5.74. The van der Waals surface area contributed by atoms with Gasteiger partial charge in [-0.3, -0.25) is 0 Å². The third kappa shape index (κ3) is 2.02. The molecule has 1 aromatic rings. The van der Waals surface area contributed by atoms with Gasteiger partial charge in [-0.15, -0.1) is 11.3 Å². The van der Waals surface area contributed by atoms with E-state index in [9.17, 15) is 0 Å². The van der Waals surface area contributed by atoms with Crippen LogP contribution in [0.3, 0.4) is 0 Å². The molecular weight excluding hydrogens is 216 g/mol. The Morgan fingerprint density at radius 3 is 3.21 bits per heavy atom. The summed E-state index contributed by atoms with van der Waals surface area (Å²) < 4.78 is 0. The number of nitrogens with one attached hydrogen (secondary N) is 3. The summed E-state index contributed by atoms with van der Waals surface area (Å²) in [6.07, 6.45) is 0. The van der Waals surface area contributed by atoms with Crippen molar-refractivity contribution < 1.29 is 0 Å². The minimum atomic E-state index is 0.646. The molecule has 0 aromatic carbocycles. The predicted octanol–water partition coefficient (Wildman–Crippen LogP) is 1.05. The van der Waals surface area contributed by atoms with E-state index >= 15 is 0 Å². The molecule has 0 spiro atoms. The molecule has 0 bridgehead atoms. The van der Waals surface area contributed by atoms with Crippen LogP contribution >= 0.6 is 23.6 Å². The first-order valence-electron chi connectivity index (χ1n) is 4.53. The summed E-state index contributed by atoms with van der Waals surface area (Å²) in [7, 11) is 0. The van der Waals surface area contributed by atoms with Crippen LogP contribution in [0.4, 0.5) is 5.13 Å². The molecule has 76 valence electrons. The highest BCUT2D eigenvalue weighted by Gasteiger charge is 2.16. The number of hydrogen-bond acceptors (Lipinski definition) is 4. The maximum absolute atomic E-state index is 5.07. The molecule has 3 N–H and O–H groups in total. The monoisotopic (exact) mass is 228 g/mol. The Morgan fingerprint density at radius 1 is 1.64 bits per heavy atom. The van der Waals surface area contributed by atoms with Gasteiger partial charge in [-0.2, -0.15) is 0 Å². The van der Waals surface area contributed by atoms with Gasteiger partial charge in [0.1, 0.15) is 0 Å². The minimum absolute atomic E-state index is 0.646. The highest BCUT2D eigenvalue weighted by atomic mass is 32.1. The fraction of sp³-hybridized carbons (Fsp3) is 0.500. The molecule has 0 amide bonds. The van der Waals surface area contributed by atoms with Gasteiger partial charge in [-0.1, -0.05) is 0 Å². The van der Waals surface area contributed by atoms with Crippen molar-refractivity contribution in [3.05, 3.63) is 10.6 Å². The Labute approximate surface area is 92.1 Å². The van der Waals surface area contributed by atoms with Gasteiger partial charge >= 0.3 is 0 Å². The molecule has 2 rings (SSSR count). The van der Waals surface area contributed by atoms with Crippen molar-refractivity contribution in [1.82, 2.24) is 15.6 Å². The highest BCUT2D eigenvalue weighted by Crippen LogP contribution is 2.26. The minimum Gasteiger partial charge on any atom is -0.363 e. The number of nitrogens with zero attached hydrogens (tertiary/aromatic N) is 1. The molecule has 1 aliphatic rings. The molecular formula is C8H12N4S2. The van der Waals surface area contributed by atoms with Crippen LogP contribution in [0.25, 0.3) is 0 Å². The zero-order chi connectivity index (χ0) is 9.97. The normalized spacial score (nSPS) is 13.8. The van der Waals surface area contributed by atoms with E-state index in [0.29, 0.717) is 5.11 Å². The van der Waals surface area contributed by atoms with Crippen LogP contribution in [0, 0.1) is 0 Å². The van der Waals surface area contributed by atoms with E-state index in [1.807, 2.05) is 6.92 Å². The number of fused-ring (bicyclic) bond motifs is 1. The molecule has 1 aromatic heterocycles. The standard InChI is InChI=1S/C8H12N4S2/c1-2-10-7(13)12-8-11-5-3-9-4-6(5)14-8/h9H,2-4H2,1H3,(H2,10,11,12,13). The van der Waals surface area contributed by atoms with Crippen molar-refractivity contribution in [1.29, 1.82) is 0 Å². The average Bonchev–Trinajstić information content (AvgIpc) is 2.63. The van der Waals surface area contributed by atoms with Crippen molar-refractivity contribution in [2.24, 2.45) is 0 Å². The Morgan fingerprint density at radius 2 is 2.50 bits per heavy atom. The molecule has 1 aliphatic heterocycles. The lowest BCUT2D eigenvalue weighted by Gasteiger charge is -2.04. The molecule has 14 heavy (non-hydrogen) atoms. The van der Waals surface area contributed by atoms with Gasteiger partial charge in [0.25, 0.3) is 0 Å². The first-order chi connectivity index (χ1) is 6.79. The lowest BCUT2D eigenvalue weighted by molar-refractivity contribution is 0.759. The van der Waals surface area contributed by atoms with Gasteiger partial charge in [0.05, 0.1) is 5.69 Å². The third-order valence-electron chi connectivity index (χ3n) is 1.91. The molecule has 0 unspecified atom stereocenters. The number of thiazole rings is 1. The van der Waals surface area contributed by atoms with Crippen LogP contribution in [0.1, 0.15) is 17.5 Å². The smallest absolute Gasteiger partial charge is 0.189 e. The van der Waals surface area contributed by atoms with Gasteiger partial charge in [0, 0.05) is 24.5 Å². The topological polar surface area (TPSA) is 49.0 Å². The van der Waals surface area contributed by atoms with Crippen LogP contribution in [-0.2, 0) is 13.1 Å². The summed E-state index contributed by atoms with van der Waals surface area (Å²) in [6.45, 7) is 4.66. The summed E-state index contributed by atoms with van der Waals surface area (Å²) in [5.74, 6) is 0. The van der Waals surface area contributed by atoms with Crippen molar-refractivity contribution in [2.45, 2.75) is 20.0 Å². The summed E-state index contributed by atoms with van der Waals surface area (Å²) in [5, 5.41) is 10.9. The van der Waals surface area contributed by atoms with E-state index in [1.54, 1.807) is 11.3 Å². The van der Waals surface area contributed by atoms with E-state index in [-0.39, 0.29) is 0 Å². The molecule has 0 atom stereocenters. The molecule has 6 heteroatoms. The molecule has 4 nitrogen and oxygen atoms in total. The fourth-order valence-corrected chi connectivity index (χ4v) is 2.57. The van der Waals surface area contributed by atoms with E-state index < -0.39 is 0 Å². The summed E-state index contributed by atoms with van der Waals surface area (Å²) >= 11 is 6.73. The van der Waals surface area contributed by atoms with Gasteiger partial charge in [0.2, 0.25) is 0 Å². The second-order valence-electron chi connectivity index (χ2n) is 2.98. The van der Waals surface area contributed by atoms with Crippen molar-refractivity contribution >= 4 is 33.8 Å². The first-order valence-corrected chi connectivity index (χ1v) is 5.76. The highest BCUT2D eigenvalue weighted by molar-refractivity contribution is 7.80. The maximum Gasteiger partial charge on any atom is 0.189 e. The lowest BCUT2D eigenvalue weighted by atomic mass is 10.4. The van der Waals surface area contributed by atoms with E-state index in [2.05, 4.69) is 20.9 Å². The fourth-order valence-electron chi connectivity index (χ4n) is 1.31. The largest absolute Gasteiger partial charge is 0.363 e. The Hall–Kier alpha value is -0.720. The SMILES string of the molecule is CCNC(=S)Nc1nc2c(s1)CNC2. The van der Waals surface area contributed by atoms with Crippen LogP contribution in [0.15, 0.2) is 0 Å². The van der Waals surface area contributed by atoms with Crippen LogP contribution in [0.5, 0.6) is 0 Å². The molecule has 0 saturated carbocycles. The van der Waals surface area contributed by atoms with Crippen molar-refractivity contribution in [2.75, 3.05) is 11.9 Å². The Kier molecular flexibility index (Phi) is 2.95. The molecule has 0 radical (unpaired) electrons.